The second kappa shape index (κ2) is 8.27. The summed E-state index contributed by atoms with van der Waals surface area (Å²) < 4.78 is 40.4. The molecule has 22 heavy (non-hydrogen) atoms. The molecule has 0 unspecified atom stereocenters. The topological polar surface area (TPSA) is 46.2 Å². The van der Waals surface area contributed by atoms with Crippen LogP contribution in [0.15, 0.2) is 18.2 Å². The van der Waals surface area contributed by atoms with Crippen molar-refractivity contribution in [3.8, 4) is 0 Å². The lowest BCUT2D eigenvalue weighted by atomic mass is 9.97. The summed E-state index contributed by atoms with van der Waals surface area (Å²) in [5, 5.41) is 0.147. The van der Waals surface area contributed by atoms with Gasteiger partial charge in [0.25, 0.3) is 0 Å². The fourth-order valence-corrected chi connectivity index (χ4v) is 4.50. The molecule has 1 saturated carbocycles. The van der Waals surface area contributed by atoms with Crippen molar-refractivity contribution < 1.29 is 12.8 Å². The van der Waals surface area contributed by atoms with Crippen LogP contribution >= 0.6 is 11.6 Å². The van der Waals surface area contributed by atoms with Crippen molar-refractivity contribution in [3.05, 3.63) is 34.6 Å². The average Bonchev–Trinajstić information content (AvgIpc) is 2.72. The number of halogens is 2. The minimum Gasteiger partial charge on any atom is -0.215 e. The van der Waals surface area contributed by atoms with E-state index in [1.165, 1.54) is 56.7 Å². The Bertz CT molecular complexity index is 564. The number of sulfonamides is 1. The minimum absolute atomic E-state index is 0.0335. The minimum atomic E-state index is -3.56. The summed E-state index contributed by atoms with van der Waals surface area (Å²) in [5.74, 6) is -0.396. The molecule has 6 heteroatoms. The first kappa shape index (κ1) is 17.7. The standard InChI is InChI=1S/C16H23ClFNO2S/c17-15-8-5-9-16(18)14(15)12-22(20,21)19-11-10-13-6-3-1-2-4-7-13/h5,8-9,13,19H,1-4,6-7,10-12H2. The third kappa shape index (κ3) is 5.52. The van der Waals surface area contributed by atoms with Crippen molar-refractivity contribution in [3.63, 3.8) is 0 Å². The SMILES string of the molecule is O=S(=O)(Cc1c(F)cccc1Cl)NCCC1CCCCCC1. The molecule has 0 amide bonds. The van der Waals surface area contributed by atoms with E-state index in [1.54, 1.807) is 0 Å². The maximum Gasteiger partial charge on any atom is 0.215 e. The third-order valence-corrected chi connectivity index (χ3v) is 5.91. The van der Waals surface area contributed by atoms with Crippen LogP contribution in [0, 0.1) is 11.7 Å². The van der Waals surface area contributed by atoms with Gasteiger partial charge in [-0.3, -0.25) is 0 Å². The fourth-order valence-electron chi connectivity index (χ4n) is 2.98. The Kier molecular flexibility index (Phi) is 6.66. The van der Waals surface area contributed by atoms with Gasteiger partial charge in [0.1, 0.15) is 5.82 Å². The van der Waals surface area contributed by atoms with Crippen molar-refractivity contribution in [1.82, 2.24) is 4.72 Å². The molecule has 0 radical (unpaired) electrons. The molecule has 0 bridgehead atoms. The van der Waals surface area contributed by atoms with E-state index in [-0.39, 0.29) is 10.6 Å². The van der Waals surface area contributed by atoms with E-state index in [9.17, 15) is 12.8 Å². The van der Waals surface area contributed by atoms with Gasteiger partial charge in [-0.2, -0.15) is 0 Å². The summed E-state index contributed by atoms with van der Waals surface area (Å²) in [4.78, 5) is 0. The van der Waals surface area contributed by atoms with E-state index < -0.39 is 21.6 Å². The first-order valence-electron chi connectivity index (χ1n) is 7.88. The molecule has 0 saturated heterocycles. The molecule has 0 atom stereocenters. The van der Waals surface area contributed by atoms with Crippen LogP contribution in [0.1, 0.15) is 50.5 Å². The molecule has 1 N–H and O–H groups in total. The first-order chi connectivity index (χ1) is 10.5. The van der Waals surface area contributed by atoms with E-state index in [1.807, 2.05) is 0 Å². The van der Waals surface area contributed by atoms with E-state index in [2.05, 4.69) is 4.72 Å². The van der Waals surface area contributed by atoms with Crippen LogP contribution in [0.3, 0.4) is 0 Å². The number of benzene rings is 1. The van der Waals surface area contributed by atoms with Crippen LogP contribution in [-0.4, -0.2) is 15.0 Å². The second-order valence-electron chi connectivity index (χ2n) is 6.00. The fraction of sp³-hybridized carbons (Fsp3) is 0.625. The van der Waals surface area contributed by atoms with Crippen LogP contribution in [0.5, 0.6) is 0 Å². The van der Waals surface area contributed by atoms with Gasteiger partial charge in [-0.15, -0.1) is 0 Å². The molecule has 1 aromatic carbocycles. The predicted octanol–water partition coefficient (Wildman–Crippen LogP) is 4.26. The molecule has 0 aliphatic heterocycles. The van der Waals surface area contributed by atoms with Crippen LogP contribution in [0.4, 0.5) is 4.39 Å². The van der Waals surface area contributed by atoms with Crippen LogP contribution in [-0.2, 0) is 15.8 Å². The van der Waals surface area contributed by atoms with Crippen molar-refractivity contribution in [1.29, 1.82) is 0 Å². The number of hydrogen-bond acceptors (Lipinski definition) is 2. The van der Waals surface area contributed by atoms with Gasteiger partial charge in [-0.05, 0) is 24.5 Å². The van der Waals surface area contributed by atoms with Gasteiger partial charge >= 0.3 is 0 Å². The Hall–Kier alpha value is -0.650. The zero-order valence-corrected chi connectivity index (χ0v) is 14.2. The summed E-state index contributed by atoms with van der Waals surface area (Å²) in [6.07, 6.45) is 8.26. The molecular formula is C16H23ClFNO2S. The monoisotopic (exact) mass is 347 g/mol. The molecule has 124 valence electrons. The molecule has 0 spiro atoms. The lowest BCUT2D eigenvalue weighted by Crippen LogP contribution is -2.27. The lowest BCUT2D eigenvalue weighted by Gasteiger charge is -2.14. The maximum atomic E-state index is 13.7. The molecule has 0 heterocycles. The van der Waals surface area contributed by atoms with Crippen molar-refractivity contribution in [2.75, 3.05) is 6.54 Å². The molecular weight excluding hydrogens is 325 g/mol. The molecule has 1 fully saturated rings. The van der Waals surface area contributed by atoms with Crippen molar-refractivity contribution in [2.45, 2.75) is 50.7 Å². The molecule has 2 rings (SSSR count). The van der Waals surface area contributed by atoms with E-state index in [0.717, 1.165) is 6.42 Å². The highest BCUT2D eigenvalue weighted by atomic mass is 35.5. The summed E-state index contributed by atoms with van der Waals surface area (Å²) >= 11 is 5.88. The average molecular weight is 348 g/mol. The summed E-state index contributed by atoms with van der Waals surface area (Å²) in [5.41, 5.74) is 0.0335. The molecule has 3 nitrogen and oxygen atoms in total. The number of nitrogens with one attached hydrogen (secondary N) is 1. The van der Waals surface area contributed by atoms with Gasteiger partial charge in [-0.1, -0.05) is 56.2 Å². The Morgan fingerprint density at radius 1 is 1.18 bits per heavy atom. The Labute approximate surface area is 137 Å². The van der Waals surface area contributed by atoms with Crippen molar-refractivity contribution >= 4 is 21.6 Å². The molecule has 0 aromatic heterocycles. The largest absolute Gasteiger partial charge is 0.215 e. The quantitative estimate of drug-likeness (QED) is 0.781. The van der Waals surface area contributed by atoms with Gasteiger partial charge in [0, 0.05) is 17.1 Å². The third-order valence-electron chi connectivity index (χ3n) is 4.25. The van der Waals surface area contributed by atoms with Crippen LogP contribution < -0.4 is 4.72 Å². The van der Waals surface area contributed by atoms with Crippen LogP contribution in [0.2, 0.25) is 5.02 Å². The van der Waals surface area contributed by atoms with Crippen LogP contribution in [0.25, 0.3) is 0 Å². The molecule has 1 aromatic rings. The van der Waals surface area contributed by atoms with Gasteiger partial charge in [0.2, 0.25) is 10.0 Å². The highest BCUT2D eigenvalue weighted by molar-refractivity contribution is 7.88. The lowest BCUT2D eigenvalue weighted by molar-refractivity contribution is 0.426. The number of rotatable bonds is 6. The van der Waals surface area contributed by atoms with Gasteiger partial charge in [-0.25, -0.2) is 17.5 Å². The van der Waals surface area contributed by atoms with Crippen molar-refractivity contribution in [2.24, 2.45) is 5.92 Å². The second-order valence-corrected chi connectivity index (χ2v) is 8.21. The highest BCUT2D eigenvalue weighted by Crippen LogP contribution is 2.25. The zero-order chi connectivity index (χ0) is 16.0. The van der Waals surface area contributed by atoms with E-state index in [4.69, 9.17) is 11.6 Å². The smallest absolute Gasteiger partial charge is 0.215 e. The molecule has 1 aliphatic rings. The summed E-state index contributed by atoms with van der Waals surface area (Å²) in [7, 11) is -3.56. The normalized spacial score (nSPS) is 17.4. The van der Waals surface area contributed by atoms with Gasteiger partial charge in [0.15, 0.2) is 0 Å². The van der Waals surface area contributed by atoms with E-state index in [0.29, 0.717) is 12.5 Å². The predicted molar refractivity (Wildman–Crippen MR) is 87.8 cm³/mol. The Morgan fingerprint density at radius 2 is 1.86 bits per heavy atom. The van der Waals surface area contributed by atoms with Gasteiger partial charge in [0.05, 0.1) is 5.75 Å². The Balaban J connectivity index is 1.86. The number of hydrogen-bond donors (Lipinski definition) is 1. The Morgan fingerprint density at radius 3 is 2.50 bits per heavy atom. The molecule has 1 aliphatic carbocycles. The van der Waals surface area contributed by atoms with E-state index >= 15 is 0 Å². The summed E-state index contributed by atoms with van der Waals surface area (Å²) in [6, 6.07) is 4.19. The van der Waals surface area contributed by atoms with Gasteiger partial charge < -0.3 is 0 Å². The zero-order valence-electron chi connectivity index (χ0n) is 12.7. The maximum absolute atomic E-state index is 13.7. The summed E-state index contributed by atoms with van der Waals surface area (Å²) in [6.45, 7) is 0.416. The highest BCUT2D eigenvalue weighted by Gasteiger charge is 2.18. The first-order valence-corrected chi connectivity index (χ1v) is 9.91.